The van der Waals surface area contributed by atoms with Crippen molar-refractivity contribution < 1.29 is 0 Å². The zero-order chi connectivity index (χ0) is 13.1. The Bertz CT molecular complexity index is 573. The summed E-state index contributed by atoms with van der Waals surface area (Å²) < 4.78 is 0. The molecule has 0 aliphatic rings. The van der Waals surface area contributed by atoms with E-state index >= 15 is 0 Å². The number of H-pyrrole nitrogens is 1. The molecule has 1 heterocycles. The van der Waals surface area contributed by atoms with Crippen LogP contribution in [-0.4, -0.2) is 10.2 Å². The third-order valence-electron chi connectivity index (χ3n) is 3.00. The molecule has 0 fully saturated rings. The molecule has 1 unspecified atom stereocenters. The molecule has 1 atom stereocenters. The largest absolute Gasteiger partial charge is 0.376 e. The number of nitrogens with one attached hydrogen (secondary N) is 2. The predicted molar refractivity (Wildman–Crippen MR) is 71.3 cm³/mol. The van der Waals surface area contributed by atoms with Crippen molar-refractivity contribution in [3.8, 4) is 6.07 Å². The van der Waals surface area contributed by atoms with E-state index in [1.165, 1.54) is 0 Å². The second-order valence-corrected chi connectivity index (χ2v) is 4.41. The molecule has 0 spiro atoms. The van der Waals surface area contributed by atoms with E-state index in [2.05, 4.69) is 28.5 Å². The molecule has 0 aliphatic heterocycles. The quantitative estimate of drug-likeness (QED) is 0.866. The molecule has 92 valence electrons. The van der Waals surface area contributed by atoms with Gasteiger partial charge in [-0.1, -0.05) is 12.1 Å². The normalized spacial score (nSPS) is 11.9. The average molecular weight is 240 g/mol. The fourth-order valence-corrected chi connectivity index (χ4v) is 1.94. The Labute approximate surface area is 107 Å². The van der Waals surface area contributed by atoms with Gasteiger partial charge in [-0.3, -0.25) is 5.10 Å². The summed E-state index contributed by atoms with van der Waals surface area (Å²) in [6, 6.07) is 9.93. The van der Waals surface area contributed by atoms with Crippen molar-refractivity contribution in [2.75, 3.05) is 5.32 Å². The lowest BCUT2D eigenvalue weighted by Crippen LogP contribution is -2.08. The standard InChI is InChI=1S/C14H16N4/c1-9(13-6-4-5-12(7-13)8-15)16-14-10(2)17-18-11(14)3/h4-7,9,16H,1-3H3,(H,17,18). The fourth-order valence-electron chi connectivity index (χ4n) is 1.94. The molecule has 2 rings (SSSR count). The molecule has 0 bridgehead atoms. The van der Waals surface area contributed by atoms with Crippen molar-refractivity contribution in [3.05, 3.63) is 46.8 Å². The number of aryl methyl sites for hydroxylation is 2. The first-order chi connectivity index (χ1) is 8.61. The van der Waals surface area contributed by atoms with Crippen LogP contribution >= 0.6 is 0 Å². The molecular weight excluding hydrogens is 224 g/mol. The minimum absolute atomic E-state index is 0.133. The second-order valence-electron chi connectivity index (χ2n) is 4.41. The highest BCUT2D eigenvalue weighted by Gasteiger charge is 2.11. The summed E-state index contributed by atoms with van der Waals surface area (Å²) in [6.07, 6.45) is 0. The molecule has 2 aromatic rings. The van der Waals surface area contributed by atoms with Crippen LogP contribution < -0.4 is 5.32 Å². The summed E-state index contributed by atoms with van der Waals surface area (Å²) in [5.74, 6) is 0. The SMILES string of the molecule is Cc1n[nH]c(C)c1NC(C)c1cccc(C#N)c1. The van der Waals surface area contributed by atoms with Gasteiger partial charge in [-0.2, -0.15) is 10.4 Å². The van der Waals surface area contributed by atoms with Crippen LogP contribution in [-0.2, 0) is 0 Å². The van der Waals surface area contributed by atoms with E-state index < -0.39 is 0 Å². The lowest BCUT2D eigenvalue weighted by Gasteiger charge is -2.16. The van der Waals surface area contributed by atoms with Gasteiger partial charge in [0.2, 0.25) is 0 Å². The van der Waals surface area contributed by atoms with Gasteiger partial charge in [-0.05, 0) is 38.5 Å². The maximum Gasteiger partial charge on any atom is 0.0991 e. The van der Waals surface area contributed by atoms with Gasteiger partial charge in [0.1, 0.15) is 0 Å². The Morgan fingerprint density at radius 1 is 1.39 bits per heavy atom. The van der Waals surface area contributed by atoms with Crippen LogP contribution in [0.5, 0.6) is 0 Å². The third-order valence-corrected chi connectivity index (χ3v) is 3.00. The van der Waals surface area contributed by atoms with E-state index in [9.17, 15) is 0 Å². The van der Waals surface area contributed by atoms with Crippen molar-refractivity contribution in [3.63, 3.8) is 0 Å². The molecule has 4 nitrogen and oxygen atoms in total. The number of aromatic nitrogens is 2. The molecule has 4 heteroatoms. The number of benzene rings is 1. The van der Waals surface area contributed by atoms with E-state index in [4.69, 9.17) is 5.26 Å². The monoisotopic (exact) mass is 240 g/mol. The van der Waals surface area contributed by atoms with E-state index in [1.54, 1.807) is 0 Å². The van der Waals surface area contributed by atoms with Crippen LogP contribution in [0.15, 0.2) is 24.3 Å². The Morgan fingerprint density at radius 2 is 2.17 bits per heavy atom. The Balaban J connectivity index is 2.22. The van der Waals surface area contributed by atoms with Gasteiger partial charge in [-0.15, -0.1) is 0 Å². The smallest absolute Gasteiger partial charge is 0.0991 e. The van der Waals surface area contributed by atoms with Crippen molar-refractivity contribution >= 4 is 5.69 Å². The third kappa shape index (κ3) is 2.35. The maximum absolute atomic E-state index is 8.90. The van der Waals surface area contributed by atoms with Gasteiger partial charge in [-0.25, -0.2) is 0 Å². The first-order valence-corrected chi connectivity index (χ1v) is 5.90. The zero-order valence-electron chi connectivity index (χ0n) is 10.8. The molecule has 0 aliphatic carbocycles. The van der Waals surface area contributed by atoms with Crippen LogP contribution in [0.2, 0.25) is 0 Å². The summed E-state index contributed by atoms with van der Waals surface area (Å²) in [7, 11) is 0. The summed E-state index contributed by atoms with van der Waals surface area (Å²) in [5.41, 5.74) is 4.78. The highest BCUT2D eigenvalue weighted by molar-refractivity contribution is 5.53. The van der Waals surface area contributed by atoms with E-state index in [0.29, 0.717) is 5.56 Å². The molecule has 2 N–H and O–H groups in total. The van der Waals surface area contributed by atoms with Crippen LogP contribution in [0.4, 0.5) is 5.69 Å². The van der Waals surface area contributed by atoms with Crippen LogP contribution in [0, 0.1) is 25.2 Å². The fraction of sp³-hybridized carbons (Fsp3) is 0.286. The van der Waals surface area contributed by atoms with Gasteiger partial charge in [0.25, 0.3) is 0 Å². The Morgan fingerprint density at radius 3 is 2.78 bits per heavy atom. The molecule has 0 saturated carbocycles. The molecular formula is C14H16N4. The van der Waals surface area contributed by atoms with Crippen molar-refractivity contribution in [1.29, 1.82) is 5.26 Å². The highest BCUT2D eigenvalue weighted by atomic mass is 15.2. The number of hydrogen-bond acceptors (Lipinski definition) is 3. The summed E-state index contributed by atoms with van der Waals surface area (Å²) in [5, 5.41) is 19.4. The van der Waals surface area contributed by atoms with Crippen molar-refractivity contribution in [2.24, 2.45) is 0 Å². The number of hydrogen-bond donors (Lipinski definition) is 2. The topological polar surface area (TPSA) is 64.5 Å². The molecule has 0 radical (unpaired) electrons. The number of aromatic amines is 1. The molecule has 1 aromatic heterocycles. The first kappa shape index (κ1) is 12.2. The summed E-state index contributed by atoms with van der Waals surface area (Å²) in [4.78, 5) is 0. The van der Waals surface area contributed by atoms with Gasteiger partial charge >= 0.3 is 0 Å². The number of nitrogens with zero attached hydrogens (tertiary/aromatic N) is 2. The molecule has 0 saturated heterocycles. The zero-order valence-corrected chi connectivity index (χ0v) is 10.8. The Hall–Kier alpha value is -2.28. The van der Waals surface area contributed by atoms with E-state index in [-0.39, 0.29) is 6.04 Å². The molecule has 18 heavy (non-hydrogen) atoms. The lowest BCUT2D eigenvalue weighted by atomic mass is 10.1. The van der Waals surface area contributed by atoms with Crippen molar-refractivity contribution in [2.45, 2.75) is 26.8 Å². The number of anilines is 1. The van der Waals surface area contributed by atoms with Crippen molar-refractivity contribution in [1.82, 2.24) is 10.2 Å². The van der Waals surface area contributed by atoms with Gasteiger partial charge in [0.05, 0.1) is 28.7 Å². The van der Waals surface area contributed by atoms with Crippen LogP contribution in [0.3, 0.4) is 0 Å². The van der Waals surface area contributed by atoms with Gasteiger partial charge < -0.3 is 5.32 Å². The molecule has 0 amide bonds. The van der Waals surface area contributed by atoms with Crippen LogP contribution in [0.25, 0.3) is 0 Å². The lowest BCUT2D eigenvalue weighted by molar-refractivity contribution is 0.880. The minimum atomic E-state index is 0.133. The second kappa shape index (κ2) is 4.92. The van der Waals surface area contributed by atoms with Gasteiger partial charge in [0.15, 0.2) is 0 Å². The molecule has 1 aromatic carbocycles. The minimum Gasteiger partial charge on any atom is -0.376 e. The predicted octanol–water partition coefficient (Wildman–Crippen LogP) is 3.07. The highest BCUT2D eigenvalue weighted by Crippen LogP contribution is 2.23. The summed E-state index contributed by atoms with van der Waals surface area (Å²) >= 11 is 0. The maximum atomic E-state index is 8.90. The van der Waals surface area contributed by atoms with Gasteiger partial charge in [0, 0.05) is 6.04 Å². The summed E-state index contributed by atoms with van der Waals surface area (Å²) in [6.45, 7) is 6.02. The Kier molecular flexibility index (Phi) is 3.33. The number of rotatable bonds is 3. The number of nitriles is 1. The first-order valence-electron chi connectivity index (χ1n) is 5.90. The average Bonchev–Trinajstić information content (AvgIpc) is 2.70. The van der Waals surface area contributed by atoms with E-state index in [0.717, 1.165) is 22.6 Å². The van der Waals surface area contributed by atoms with E-state index in [1.807, 2.05) is 38.1 Å². The van der Waals surface area contributed by atoms with Crippen LogP contribution in [0.1, 0.15) is 35.5 Å².